The normalized spacial score (nSPS) is 14.7. The Morgan fingerprint density at radius 1 is 1.05 bits per heavy atom. The highest BCUT2D eigenvalue weighted by molar-refractivity contribution is 6.31. The lowest BCUT2D eigenvalue weighted by molar-refractivity contribution is -0.138. The van der Waals surface area contributed by atoms with Crippen molar-refractivity contribution in [1.82, 2.24) is 14.8 Å². The van der Waals surface area contributed by atoms with E-state index in [9.17, 15) is 22.4 Å². The van der Waals surface area contributed by atoms with Gasteiger partial charge in [0.2, 0.25) is 0 Å². The summed E-state index contributed by atoms with van der Waals surface area (Å²) in [6.45, 7) is 3.18. The van der Waals surface area contributed by atoms with Crippen molar-refractivity contribution in [2.45, 2.75) is 19.1 Å². The molecule has 0 radical (unpaired) electrons. The van der Waals surface area contributed by atoms with Gasteiger partial charge >= 0.3 is 6.18 Å². The minimum Gasteiger partial charge on any atom is -0.383 e. The Kier molecular flexibility index (Phi) is 8.36. The molecule has 3 aromatic rings. The molecule has 198 valence electrons. The topological polar surface area (TPSA) is 62.5 Å². The first-order valence-corrected chi connectivity index (χ1v) is 12.2. The summed E-state index contributed by atoms with van der Waals surface area (Å²) < 4.78 is 55.2. The number of alkyl halides is 3. The SMILES string of the molecule is CN1CCN(Cc2ccc(CC(=O)c3ccc(Cl)c(C#Cc4cc(F)cnc4N)c3)cc2C(F)(F)F)CC1. The number of carbonyl (C=O) groups excluding carboxylic acids is 1. The number of carbonyl (C=O) groups is 1. The van der Waals surface area contributed by atoms with Gasteiger partial charge in [-0.05, 0) is 48.5 Å². The Morgan fingerprint density at radius 3 is 2.47 bits per heavy atom. The third-order valence-electron chi connectivity index (χ3n) is 6.34. The number of nitrogens with zero attached hydrogens (tertiary/aromatic N) is 3. The second-order valence-corrected chi connectivity index (χ2v) is 9.61. The van der Waals surface area contributed by atoms with E-state index in [2.05, 4.69) is 21.7 Å². The Morgan fingerprint density at radius 2 is 1.76 bits per heavy atom. The molecule has 1 fully saturated rings. The Hall–Kier alpha value is -3.45. The van der Waals surface area contributed by atoms with Crippen molar-refractivity contribution in [3.63, 3.8) is 0 Å². The van der Waals surface area contributed by atoms with Gasteiger partial charge in [0.05, 0.1) is 22.3 Å². The molecule has 0 atom stereocenters. The van der Waals surface area contributed by atoms with Crippen molar-refractivity contribution in [1.29, 1.82) is 0 Å². The van der Waals surface area contributed by atoms with Gasteiger partial charge in [0.1, 0.15) is 11.6 Å². The van der Waals surface area contributed by atoms with Crippen LogP contribution in [0.1, 0.15) is 38.2 Å². The Balaban J connectivity index is 1.54. The predicted octanol–water partition coefficient (Wildman–Crippen LogP) is 5.05. The second kappa shape index (κ2) is 11.5. The molecule has 1 aromatic heterocycles. The molecule has 5 nitrogen and oxygen atoms in total. The number of nitrogen functional groups attached to an aromatic ring is 1. The highest BCUT2D eigenvalue weighted by atomic mass is 35.5. The van der Waals surface area contributed by atoms with Crippen LogP contribution in [-0.2, 0) is 19.1 Å². The van der Waals surface area contributed by atoms with Gasteiger partial charge in [-0.1, -0.05) is 35.6 Å². The molecule has 4 rings (SSSR count). The summed E-state index contributed by atoms with van der Waals surface area (Å²) in [4.78, 5) is 20.8. The van der Waals surface area contributed by atoms with E-state index in [1.54, 1.807) is 6.07 Å². The average Bonchev–Trinajstić information content (AvgIpc) is 2.87. The summed E-state index contributed by atoms with van der Waals surface area (Å²) in [6.07, 6.45) is -3.80. The van der Waals surface area contributed by atoms with Crippen molar-refractivity contribution in [2.75, 3.05) is 39.0 Å². The number of hydrogen-bond donors (Lipinski definition) is 1. The van der Waals surface area contributed by atoms with Gasteiger partial charge in [0, 0.05) is 50.3 Å². The van der Waals surface area contributed by atoms with Gasteiger partial charge in [0.15, 0.2) is 5.78 Å². The molecular formula is C28H25ClF4N4O. The number of nitrogens with two attached hydrogens (primary N) is 1. The largest absolute Gasteiger partial charge is 0.416 e. The molecule has 0 spiro atoms. The van der Waals surface area contributed by atoms with Crippen molar-refractivity contribution in [3.05, 3.63) is 92.9 Å². The molecule has 2 aromatic carbocycles. The molecule has 0 unspecified atom stereocenters. The summed E-state index contributed by atoms with van der Waals surface area (Å²) >= 11 is 6.21. The molecule has 0 amide bonds. The molecule has 0 bridgehead atoms. The third-order valence-corrected chi connectivity index (χ3v) is 6.67. The van der Waals surface area contributed by atoms with E-state index < -0.39 is 23.3 Å². The van der Waals surface area contributed by atoms with Crippen molar-refractivity contribution in [2.24, 2.45) is 0 Å². The molecule has 1 saturated heterocycles. The van der Waals surface area contributed by atoms with Crippen LogP contribution in [0.4, 0.5) is 23.4 Å². The molecule has 2 heterocycles. The number of halogens is 5. The first kappa shape index (κ1) is 27.6. The zero-order chi connectivity index (χ0) is 27.4. The molecule has 0 aliphatic carbocycles. The van der Waals surface area contributed by atoms with Gasteiger partial charge in [-0.2, -0.15) is 13.2 Å². The fourth-order valence-electron chi connectivity index (χ4n) is 4.15. The summed E-state index contributed by atoms with van der Waals surface area (Å²) in [6, 6.07) is 9.62. The zero-order valence-electron chi connectivity index (χ0n) is 20.6. The number of likely N-dealkylation sites (N-methyl/N-ethyl adjacent to an activating group) is 1. The average molecular weight is 545 g/mol. The van der Waals surface area contributed by atoms with Gasteiger partial charge < -0.3 is 10.6 Å². The molecular weight excluding hydrogens is 520 g/mol. The first-order valence-electron chi connectivity index (χ1n) is 11.9. The van der Waals surface area contributed by atoms with Crippen LogP contribution in [-0.4, -0.2) is 53.8 Å². The third kappa shape index (κ3) is 6.90. The minimum absolute atomic E-state index is 0.0405. The van der Waals surface area contributed by atoms with Crippen LogP contribution in [0.25, 0.3) is 0 Å². The number of piperazine rings is 1. The smallest absolute Gasteiger partial charge is 0.383 e. The first-order chi connectivity index (χ1) is 18.0. The lowest BCUT2D eigenvalue weighted by Gasteiger charge is -2.33. The standard InChI is InChI=1S/C28H25ClF4N4O/c1-36-8-10-37(11-9-36)17-22-3-2-18(12-24(22)28(31,32)33)13-26(38)20-6-7-25(29)19(14-20)4-5-21-15-23(30)16-35-27(21)34/h2-3,6-7,12,14-16H,8-11,13,17H2,1H3,(H2,34,35). The molecule has 2 N–H and O–H groups in total. The quantitative estimate of drug-likeness (QED) is 0.277. The van der Waals surface area contributed by atoms with E-state index in [4.69, 9.17) is 17.3 Å². The summed E-state index contributed by atoms with van der Waals surface area (Å²) in [5.41, 5.74) is 6.12. The van der Waals surface area contributed by atoms with E-state index in [1.165, 1.54) is 24.3 Å². The van der Waals surface area contributed by atoms with E-state index in [-0.39, 0.29) is 46.1 Å². The maximum absolute atomic E-state index is 13.9. The van der Waals surface area contributed by atoms with Crippen LogP contribution >= 0.6 is 11.6 Å². The Bertz CT molecular complexity index is 1410. The Labute approximate surface area is 223 Å². The number of aromatic nitrogens is 1. The minimum atomic E-state index is -4.54. The fraction of sp³-hybridized carbons (Fsp3) is 0.286. The molecule has 10 heteroatoms. The van der Waals surface area contributed by atoms with Gasteiger partial charge in [0.25, 0.3) is 0 Å². The lowest BCUT2D eigenvalue weighted by Crippen LogP contribution is -2.44. The highest BCUT2D eigenvalue weighted by Crippen LogP contribution is 2.34. The number of benzene rings is 2. The summed E-state index contributed by atoms with van der Waals surface area (Å²) in [5.74, 6) is 4.49. The van der Waals surface area contributed by atoms with E-state index in [1.807, 2.05) is 11.9 Å². The van der Waals surface area contributed by atoms with Gasteiger partial charge in [-0.3, -0.25) is 9.69 Å². The van der Waals surface area contributed by atoms with Crippen molar-refractivity contribution in [3.8, 4) is 11.8 Å². The van der Waals surface area contributed by atoms with Crippen molar-refractivity contribution < 1.29 is 22.4 Å². The maximum atomic E-state index is 13.9. The van der Waals surface area contributed by atoms with Crippen molar-refractivity contribution >= 4 is 23.2 Å². The number of hydrogen-bond acceptors (Lipinski definition) is 5. The van der Waals surface area contributed by atoms with Crippen LogP contribution in [0.15, 0.2) is 48.7 Å². The number of anilines is 1. The second-order valence-electron chi connectivity index (χ2n) is 9.20. The molecule has 38 heavy (non-hydrogen) atoms. The van der Waals surface area contributed by atoms with Crippen LogP contribution < -0.4 is 5.73 Å². The lowest BCUT2D eigenvalue weighted by atomic mass is 9.97. The van der Waals surface area contributed by atoms with Crippen LogP contribution in [0.3, 0.4) is 0 Å². The monoisotopic (exact) mass is 544 g/mol. The maximum Gasteiger partial charge on any atom is 0.416 e. The zero-order valence-corrected chi connectivity index (χ0v) is 21.3. The van der Waals surface area contributed by atoms with Crippen LogP contribution in [0.2, 0.25) is 5.02 Å². The number of Topliss-reactive ketones (excluding diaryl/α,β-unsaturated/α-hetero) is 1. The number of pyridine rings is 1. The van der Waals surface area contributed by atoms with E-state index in [0.29, 0.717) is 18.7 Å². The fourth-order valence-corrected chi connectivity index (χ4v) is 4.31. The summed E-state index contributed by atoms with van der Waals surface area (Å²) in [5, 5.41) is 0.254. The van der Waals surface area contributed by atoms with Gasteiger partial charge in [-0.25, -0.2) is 9.37 Å². The van der Waals surface area contributed by atoms with E-state index >= 15 is 0 Å². The number of rotatable bonds is 5. The van der Waals surface area contributed by atoms with Crippen LogP contribution in [0, 0.1) is 17.7 Å². The predicted molar refractivity (Wildman–Crippen MR) is 138 cm³/mol. The highest BCUT2D eigenvalue weighted by Gasteiger charge is 2.34. The number of ketones is 1. The molecule has 1 aliphatic heterocycles. The van der Waals surface area contributed by atoms with Crippen LogP contribution in [0.5, 0.6) is 0 Å². The molecule has 0 saturated carbocycles. The summed E-state index contributed by atoms with van der Waals surface area (Å²) in [7, 11) is 1.98. The van der Waals surface area contributed by atoms with Gasteiger partial charge in [-0.15, -0.1) is 0 Å². The molecule has 1 aliphatic rings. The van der Waals surface area contributed by atoms with E-state index in [0.717, 1.165) is 31.4 Å².